The van der Waals surface area contributed by atoms with Gasteiger partial charge in [-0.15, -0.1) is 0 Å². The standard InChI is InChI=1S/C30H35N5O5/c1-19(36)28-31-12-13-34(28)16-22-15-26(40-33-22)21-8-5-20(6-9-21)7-10-23-24-17-35(18-25(23)24)27(37)11-14-39-29(38)32-30(2,3)4/h5-6,8-9,12-13,15,19,23-25,36H,11,14,16-18H2,1-4H3,(H,32,38)/t19-,23?,24?,25?/m0/s1. The van der Waals surface area contributed by atoms with Crippen molar-refractivity contribution in [1.29, 1.82) is 0 Å². The van der Waals surface area contributed by atoms with Crippen molar-refractivity contribution in [3.8, 4) is 23.2 Å². The fraction of sp³-hybridized carbons (Fsp3) is 0.467. The molecule has 3 heterocycles. The lowest BCUT2D eigenvalue weighted by molar-refractivity contribution is -0.131. The highest BCUT2D eigenvalue weighted by atomic mass is 16.5. The van der Waals surface area contributed by atoms with E-state index in [0.717, 1.165) is 16.8 Å². The zero-order valence-electron chi connectivity index (χ0n) is 23.3. The zero-order chi connectivity index (χ0) is 28.4. The summed E-state index contributed by atoms with van der Waals surface area (Å²) in [5, 5.41) is 16.7. The molecular formula is C30H35N5O5. The normalized spacial score (nSPS) is 20.3. The Morgan fingerprint density at radius 3 is 2.62 bits per heavy atom. The van der Waals surface area contributed by atoms with Gasteiger partial charge in [-0.2, -0.15) is 0 Å². The van der Waals surface area contributed by atoms with Crippen molar-refractivity contribution in [2.75, 3.05) is 19.7 Å². The highest BCUT2D eigenvalue weighted by Gasteiger charge is 2.55. The molecule has 2 aliphatic rings. The molecule has 2 N–H and O–H groups in total. The van der Waals surface area contributed by atoms with Crippen LogP contribution in [-0.4, -0.2) is 61.9 Å². The number of carbonyl (C=O) groups is 2. The van der Waals surface area contributed by atoms with Crippen molar-refractivity contribution < 1.29 is 24.0 Å². The number of nitrogens with one attached hydrogen (secondary N) is 1. The van der Waals surface area contributed by atoms with Crippen molar-refractivity contribution >= 4 is 12.0 Å². The highest BCUT2D eigenvalue weighted by molar-refractivity contribution is 5.77. The molecule has 2 fully saturated rings. The molecule has 1 aromatic carbocycles. The summed E-state index contributed by atoms with van der Waals surface area (Å²) in [5.74, 6) is 9.06. The maximum atomic E-state index is 12.5. The number of hydrogen-bond acceptors (Lipinski definition) is 7. The van der Waals surface area contributed by atoms with Gasteiger partial charge < -0.3 is 29.2 Å². The quantitative estimate of drug-likeness (QED) is 0.435. The molecule has 10 nitrogen and oxygen atoms in total. The van der Waals surface area contributed by atoms with E-state index in [9.17, 15) is 14.7 Å². The van der Waals surface area contributed by atoms with Crippen molar-refractivity contribution in [1.82, 2.24) is 24.9 Å². The number of carbonyl (C=O) groups excluding carboxylic acids is 2. The van der Waals surface area contributed by atoms with Crippen molar-refractivity contribution in [3.05, 3.63) is 59.8 Å². The van der Waals surface area contributed by atoms with E-state index in [1.54, 1.807) is 19.3 Å². The van der Waals surface area contributed by atoms with Crippen molar-refractivity contribution in [3.63, 3.8) is 0 Å². The molecule has 2 unspecified atom stereocenters. The Morgan fingerprint density at radius 1 is 1.23 bits per heavy atom. The van der Waals surface area contributed by atoms with Crippen LogP contribution in [0.1, 0.15) is 57.3 Å². The molecule has 0 bridgehead atoms. The van der Waals surface area contributed by atoms with Crippen LogP contribution in [0.25, 0.3) is 11.3 Å². The summed E-state index contributed by atoms with van der Waals surface area (Å²) < 4.78 is 12.5. The van der Waals surface area contributed by atoms with Crippen LogP contribution in [0.3, 0.4) is 0 Å². The monoisotopic (exact) mass is 545 g/mol. The fourth-order valence-corrected chi connectivity index (χ4v) is 5.08. The Bertz CT molecular complexity index is 1410. The van der Waals surface area contributed by atoms with Gasteiger partial charge in [0, 0.05) is 54.1 Å². The smallest absolute Gasteiger partial charge is 0.407 e. The van der Waals surface area contributed by atoms with Gasteiger partial charge in [0.2, 0.25) is 5.91 Å². The van der Waals surface area contributed by atoms with Gasteiger partial charge in [-0.05, 0) is 63.8 Å². The second-order valence-corrected chi connectivity index (χ2v) is 11.5. The molecule has 0 radical (unpaired) electrons. The van der Waals surface area contributed by atoms with E-state index in [0.29, 0.717) is 49.0 Å². The summed E-state index contributed by atoms with van der Waals surface area (Å²) in [4.78, 5) is 30.3. The second kappa shape index (κ2) is 11.2. The van der Waals surface area contributed by atoms with Crippen molar-refractivity contribution in [2.45, 2.75) is 52.3 Å². The number of amides is 2. The molecule has 3 aromatic rings. The first-order valence-corrected chi connectivity index (χ1v) is 13.6. The van der Waals surface area contributed by atoms with E-state index in [2.05, 4.69) is 27.3 Å². The molecular weight excluding hydrogens is 510 g/mol. The number of alkyl carbamates (subject to hydrolysis) is 1. The number of benzene rings is 1. The molecule has 40 heavy (non-hydrogen) atoms. The molecule has 1 saturated heterocycles. The van der Waals surface area contributed by atoms with Gasteiger partial charge in [-0.25, -0.2) is 9.78 Å². The third-order valence-electron chi connectivity index (χ3n) is 7.14. The Kier molecular flexibility index (Phi) is 7.68. The van der Waals surface area contributed by atoms with Crippen LogP contribution in [0.2, 0.25) is 0 Å². The number of aliphatic hydroxyl groups excluding tert-OH is 1. The van der Waals surface area contributed by atoms with Crippen molar-refractivity contribution in [2.24, 2.45) is 17.8 Å². The van der Waals surface area contributed by atoms with Crippen LogP contribution in [0, 0.1) is 29.6 Å². The number of hydrogen-bond donors (Lipinski definition) is 2. The first-order valence-electron chi connectivity index (χ1n) is 13.6. The van der Waals surface area contributed by atoms with Crippen LogP contribution in [0.4, 0.5) is 4.79 Å². The number of imidazole rings is 1. The van der Waals surface area contributed by atoms with Gasteiger partial charge in [0.05, 0.1) is 13.0 Å². The summed E-state index contributed by atoms with van der Waals surface area (Å²) in [5.41, 5.74) is 2.20. The number of ether oxygens (including phenoxy) is 1. The SMILES string of the molecule is C[C@H](O)c1nccn1Cc1cc(-c2ccc(C#CC3C4CN(C(=O)CCOC(=O)NC(C)(C)C)CC34)cc2)on1. The largest absolute Gasteiger partial charge is 0.449 e. The molecule has 0 spiro atoms. The summed E-state index contributed by atoms with van der Waals surface area (Å²) in [7, 11) is 0. The molecule has 10 heteroatoms. The Balaban J connectivity index is 1.07. The lowest BCUT2D eigenvalue weighted by atomic mass is 10.1. The lowest BCUT2D eigenvalue weighted by Crippen LogP contribution is -2.41. The third-order valence-corrected chi connectivity index (χ3v) is 7.14. The molecule has 210 valence electrons. The Labute approximate surface area is 233 Å². The number of rotatable bonds is 7. The maximum Gasteiger partial charge on any atom is 0.407 e. The van der Waals surface area contributed by atoms with E-state index < -0.39 is 12.2 Å². The summed E-state index contributed by atoms with van der Waals surface area (Å²) in [6.07, 6.45) is 2.49. The van der Waals surface area contributed by atoms with Crippen LogP contribution in [0.15, 0.2) is 47.2 Å². The molecule has 1 aliphatic heterocycles. The van der Waals surface area contributed by atoms with Crippen LogP contribution < -0.4 is 5.32 Å². The predicted octanol–water partition coefficient (Wildman–Crippen LogP) is 3.61. The van der Waals surface area contributed by atoms with Gasteiger partial charge >= 0.3 is 6.09 Å². The van der Waals surface area contributed by atoms with Gasteiger partial charge in [0.1, 0.15) is 24.2 Å². The first-order chi connectivity index (χ1) is 19.1. The first kappa shape index (κ1) is 27.5. The average molecular weight is 546 g/mol. The fourth-order valence-electron chi connectivity index (χ4n) is 5.08. The maximum absolute atomic E-state index is 12.5. The van der Waals surface area contributed by atoms with Crippen LogP contribution in [0.5, 0.6) is 0 Å². The summed E-state index contributed by atoms with van der Waals surface area (Å²) in [6, 6.07) is 9.75. The van der Waals surface area contributed by atoms with E-state index >= 15 is 0 Å². The molecule has 3 atom stereocenters. The van der Waals surface area contributed by atoms with E-state index in [-0.39, 0.29) is 24.5 Å². The zero-order valence-corrected chi connectivity index (χ0v) is 23.3. The highest BCUT2D eigenvalue weighted by Crippen LogP contribution is 2.51. The van der Waals surface area contributed by atoms with E-state index in [1.165, 1.54) is 0 Å². The van der Waals surface area contributed by atoms with E-state index in [4.69, 9.17) is 9.26 Å². The lowest BCUT2D eigenvalue weighted by Gasteiger charge is -2.21. The minimum absolute atomic E-state index is 0.0158. The minimum atomic E-state index is -0.661. The average Bonchev–Trinajstić information content (AvgIpc) is 3.38. The van der Waals surface area contributed by atoms with Gasteiger partial charge in [-0.3, -0.25) is 4.79 Å². The van der Waals surface area contributed by atoms with Gasteiger partial charge in [-0.1, -0.05) is 17.0 Å². The van der Waals surface area contributed by atoms with E-state index in [1.807, 2.05) is 60.6 Å². The van der Waals surface area contributed by atoms with Gasteiger partial charge in [0.15, 0.2) is 5.76 Å². The molecule has 5 rings (SSSR count). The van der Waals surface area contributed by atoms with Crippen LogP contribution in [-0.2, 0) is 16.1 Å². The molecule has 2 aromatic heterocycles. The van der Waals surface area contributed by atoms with Crippen LogP contribution >= 0.6 is 0 Å². The second-order valence-electron chi connectivity index (χ2n) is 11.5. The Hall–Kier alpha value is -4.10. The topological polar surface area (TPSA) is 123 Å². The van der Waals surface area contributed by atoms with Gasteiger partial charge in [0.25, 0.3) is 0 Å². The number of fused-ring (bicyclic) bond motifs is 1. The Morgan fingerprint density at radius 2 is 1.95 bits per heavy atom. The third kappa shape index (κ3) is 6.54. The summed E-state index contributed by atoms with van der Waals surface area (Å²) >= 11 is 0. The number of piperidine rings is 1. The number of aromatic nitrogens is 3. The predicted molar refractivity (Wildman–Crippen MR) is 147 cm³/mol. The molecule has 2 amide bonds. The molecule has 1 aliphatic carbocycles. The number of likely N-dealkylation sites (tertiary alicyclic amines) is 1. The summed E-state index contributed by atoms with van der Waals surface area (Å²) in [6.45, 7) is 9.26. The number of aliphatic hydroxyl groups is 1. The minimum Gasteiger partial charge on any atom is -0.449 e. The number of nitrogens with zero attached hydrogens (tertiary/aromatic N) is 4. The molecule has 1 saturated carbocycles.